The standard InChI is InChI=1S/C17H26N2O2.ClH/c20-17(13-16-9-6-11-18-16)19-10-4-5-12-21-14-15-7-2-1-3-8-15;/h1-3,7-8,16,18H,4-6,9-14H2,(H,19,20);1H. The molecule has 0 radical (unpaired) electrons. The van der Waals surface area contributed by atoms with E-state index < -0.39 is 0 Å². The Balaban J connectivity index is 0.00000242. The van der Waals surface area contributed by atoms with Gasteiger partial charge in [-0.3, -0.25) is 4.79 Å². The lowest BCUT2D eigenvalue weighted by atomic mass is 10.1. The van der Waals surface area contributed by atoms with E-state index in [9.17, 15) is 4.79 Å². The number of unbranched alkanes of at least 4 members (excludes halogenated alkanes) is 1. The monoisotopic (exact) mass is 326 g/mol. The van der Waals surface area contributed by atoms with Crippen molar-refractivity contribution in [2.45, 2.75) is 44.8 Å². The van der Waals surface area contributed by atoms with Crippen LogP contribution in [0, 0.1) is 0 Å². The first kappa shape index (κ1) is 18.9. The molecule has 4 nitrogen and oxygen atoms in total. The van der Waals surface area contributed by atoms with Crippen LogP contribution in [0.25, 0.3) is 0 Å². The van der Waals surface area contributed by atoms with Crippen LogP contribution in [-0.4, -0.2) is 31.6 Å². The fraction of sp³-hybridized carbons (Fsp3) is 0.588. The lowest BCUT2D eigenvalue weighted by Gasteiger charge is -2.10. The number of benzene rings is 1. The van der Waals surface area contributed by atoms with Gasteiger partial charge in [0.25, 0.3) is 0 Å². The molecule has 1 aromatic rings. The van der Waals surface area contributed by atoms with E-state index in [0.29, 0.717) is 19.1 Å². The van der Waals surface area contributed by atoms with E-state index in [1.807, 2.05) is 18.2 Å². The van der Waals surface area contributed by atoms with Gasteiger partial charge in [0.2, 0.25) is 5.91 Å². The minimum atomic E-state index is 0. The molecule has 0 aromatic heterocycles. The molecular weight excluding hydrogens is 300 g/mol. The number of carbonyl (C=O) groups excluding carboxylic acids is 1. The Morgan fingerprint density at radius 2 is 2.09 bits per heavy atom. The molecule has 1 aliphatic rings. The highest BCUT2D eigenvalue weighted by molar-refractivity contribution is 5.85. The molecule has 0 saturated carbocycles. The van der Waals surface area contributed by atoms with Crippen LogP contribution in [0.5, 0.6) is 0 Å². The highest BCUT2D eigenvalue weighted by atomic mass is 35.5. The van der Waals surface area contributed by atoms with Crippen LogP contribution < -0.4 is 10.6 Å². The van der Waals surface area contributed by atoms with Crippen molar-refractivity contribution in [3.63, 3.8) is 0 Å². The van der Waals surface area contributed by atoms with Crippen molar-refractivity contribution >= 4 is 18.3 Å². The number of halogens is 1. The van der Waals surface area contributed by atoms with E-state index in [1.165, 1.54) is 12.0 Å². The summed E-state index contributed by atoms with van der Waals surface area (Å²) >= 11 is 0. The third kappa shape index (κ3) is 7.78. The summed E-state index contributed by atoms with van der Waals surface area (Å²) in [6.07, 6.45) is 4.88. The Bertz CT molecular complexity index is 408. The van der Waals surface area contributed by atoms with Gasteiger partial charge in [0.1, 0.15) is 0 Å². The average Bonchev–Trinajstić information content (AvgIpc) is 3.00. The second kappa shape index (κ2) is 11.5. The zero-order chi connectivity index (χ0) is 14.8. The van der Waals surface area contributed by atoms with Gasteiger partial charge in [-0.05, 0) is 37.8 Å². The number of nitrogens with one attached hydrogen (secondary N) is 2. The van der Waals surface area contributed by atoms with Crippen LogP contribution in [0.3, 0.4) is 0 Å². The highest BCUT2D eigenvalue weighted by Crippen LogP contribution is 2.08. The Labute approximate surface area is 139 Å². The maximum Gasteiger partial charge on any atom is 0.221 e. The average molecular weight is 327 g/mol. The second-order valence-corrected chi connectivity index (χ2v) is 5.59. The number of amides is 1. The van der Waals surface area contributed by atoms with Gasteiger partial charge in [0.15, 0.2) is 0 Å². The Kier molecular flexibility index (Phi) is 9.87. The van der Waals surface area contributed by atoms with Crippen LogP contribution in [0.15, 0.2) is 30.3 Å². The molecule has 0 aliphatic carbocycles. The van der Waals surface area contributed by atoms with Gasteiger partial charge in [-0.25, -0.2) is 0 Å². The molecule has 5 heteroatoms. The lowest BCUT2D eigenvalue weighted by molar-refractivity contribution is -0.121. The van der Waals surface area contributed by atoms with Crippen molar-refractivity contribution in [1.29, 1.82) is 0 Å². The summed E-state index contributed by atoms with van der Waals surface area (Å²) in [7, 11) is 0. The summed E-state index contributed by atoms with van der Waals surface area (Å²) in [6, 6.07) is 10.6. The number of carbonyl (C=O) groups is 1. The Morgan fingerprint density at radius 3 is 2.82 bits per heavy atom. The van der Waals surface area contributed by atoms with Gasteiger partial charge >= 0.3 is 0 Å². The predicted molar refractivity (Wildman–Crippen MR) is 91.2 cm³/mol. The first-order valence-corrected chi connectivity index (χ1v) is 7.96. The van der Waals surface area contributed by atoms with Crippen molar-refractivity contribution in [3.05, 3.63) is 35.9 Å². The zero-order valence-electron chi connectivity index (χ0n) is 13.1. The molecular formula is C17H27ClN2O2. The molecule has 2 N–H and O–H groups in total. The third-order valence-corrected chi connectivity index (χ3v) is 3.74. The van der Waals surface area contributed by atoms with Crippen LogP contribution in [-0.2, 0) is 16.1 Å². The molecule has 1 fully saturated rings. The summed E-state index contributed by atoms with van der Waals surface area (Å²) in [5, 5.41) is 6.32. The van der Waals surface area contributed by atoms with E-state index in [1.54, 1.807) is 0 Å². The van der Waals surface area contributed by atoms with Gasteiger partial charge in [0.05, 0.1) is 6.61 Å². The fourth-order valence-electron chi connectivity index (χ4n) is 2.55. The van der Waals surface area contributed by atoms with Gasteiger partial charge in [-0.2, -0.15) is 0 Å². The number of ether oxygens (including phenoxy) is 1. The largest absolute Gasteiger partial charge is 0.377 e. The van der Waals surface area contributed by atoms with Crippen molar-refractivity contribution in [2.24, 2.45) is 0 Å². The Morgan fingerprint density at radius 1 is 1.27 bits per heavy atom. The molecule has 1 amide bonds. The summed E-state index contributed by atoms with van der Waals surface area (Å²) in [6.45, 7) is 3.21. The second-order valence-electron chi connectivity index (χ2n) is 5.59. The fourth-order valence-corrected chi connectivity index (χ4v) is 2.55. The maximum absolute atomic E-state index is 11.7. The highest BCUT2D eigenvalue weighted by Gasteiger charge is 2.16. The van der Waals surface area contributed by atoms with Crippen molar-refractivity contribution in [3.8, 4) is 0 Å². The minimum absolute atomic E-state index is 0. The van der Waals surface area contributed by atoms with Crippen LogP contribution in [0.2, 0.25) is 0 Å². The van der Waals surface area contributed by atoms with E-state index in [-0.39, 0.29) is 18.3 Å². The summed E-state index contributed by atoms with van der Waals surface area (Å²) in [4.78, 5) is 11.7. The van der Waals surface area contributed by atoms with E-state index in [0.717, 1.165) is 39.0 Å². The minimum Gasteiger partial charge on any atom is -0.377 e. The summed E-state index contributed by atoms with van der Waals surface area (Å²) < 4.78 is 5.61. The molecule has 1 aliphatic heterocycles. The quantitative estimate of drug-likeness (QED) is 0.686. The molecule has 0 spiro atoms. The normalized spacial score (nSPS) is 17.0. The van der Waals surface area contributed by atoms with E-state index >= 15 is 0 Å². The van der Waals surface area contributed by atoms with Gasteiger partial charge in [0, 0.05) is 25.6 Å². The SMILES string of the molecule is Cl.O=C(CC1CCCN1)NCCCCOCc1ccccc1. The van der Waals surface area contributed by atoms with E-state index in [2.05, 4.69) is 22.8 Å². The van der Waals surface area contributed by atoms with Crippen molar-refractivity contribution in [1.82, 2.24) is 10.6 Å². The van der Waals surface area contributed by atoms with Crippen LogP contribution in [0.1, 0.15) is 37.7 Å². The number of hydrogen-bond donors (Lipinski definition) is 2. The van der Waals surface area contributed by atoms with Gasteiger partial charge in [-0.15, -0.1) is 12.4 Å². The first-order valence-electron chi connectivity index (χ1n) is 7.96. The molecule has 1 unspecified atom stereocenters. The topological polar surface area (TPSA) is 50.4 Å². The molecule has 124 valence electrons. The molecule has 1 aromatic carbocycles. The third-order valence-electron chi connectivity index (χ3n) is 3.74. The smallest absolute Gasteiger partial charge is 0.221 e. The van der Waals surface area contributed by atoms with Gasteiger partial charge in [-0.1, -0.05) is 30.3 Å². The number of rotatable bonds is 9. The lowest BCUT2D eigenvalue weighted by Crippen LogP contribution is -2.32. The summed E-state index contributed by atoms with van der Waals surface area (Å²) in [5.41, 5.74) is 1.20. The molecule has 1 saturated heterocycles. The van der Waals surface area contributed by atoms with Gasteiger partial charge < -0.3 is 15.4 Å². The molecule has 22 heavy (non-hydrogen) atoms. The molecule has 1 atom stereocenters. The Hall–Kier alpha value is -1.10. The maximum atomic E-state index is 11.7. The molecule has 2 rings (SSSR count). The summed E-state index contributed by atoms with van der Waals surface area (Å²) in [5.74, 6) is 0.166. The molecule has 0 bridgehead atoms. The number of hydrogen-bond acceptors (Lipinski definition) is 3. The van der Waals surface area contributed by atoms with Crippen LogP contribution in [0.4, 0.5) is 0 Å². The zero-order valence-corrected chi connectivity index (χ0v) is 13.9. The first-order chi connectivity index (χ1) is 10.3. The van der Waals surface area contributed by atoms with E-state index in [4.69, 9.17) is 4.74 Å². The van der Waals surface area contributed by atoms with Crippen molar-refractivity contribution < 1.29 is 9.53 Å². The van der Waals surface area contributed by atoms with Crippen LogP contribution >= 0.6 is 12.4 Å². The van der Waals surface area contributed by atoms with Crippen molar-refractivity contribution in [2.75, 3.05) is 19.7 Å². The predicted octanol–water partition coefficient (Wildman–Crippen LogP) is 2.66. The molecule has 1 heterocycles.